The minimum atomic E-state index is 1.09. The van der Waals surface area contributed by atoms with Gasteiger partial charge in [0.05, 0.1) is 5.69 Å². The van der Waals surface area contributed by atoms with Gasteiger partial charge in [-0.2, -0.15) is 0 Å². The first-order valence-electron chi connectivity index (χ1n) is 20.3. The summed E-state index contributed by atoms with van der Waals surface area (Å²) in [4.78, 5) is 2.38. The number of nitrogens with zero attached hydrogens (tertiary/aromatic N) is 1. The SMILES string of the molecule is c1ccc(-c2ccc(-c3ccc(N(c4ccc(-c5ccc(-c6cccc7ccccc67)cc5)cc4)c4ccccc4-c4ccccc4)cc3)cc2-c2ccccc2)cc1. The van der Waals surface area contributed by atoms with Gasteiger partial charge in [-0.3, -0.25) is 0 Å². The van der Waals surface area contributed by atoms with Gasteiger partial charge in [0, 0.05) is 16.9 Å². The molecule has 278 valence electrons. The average Bonchev–Trinajstić information content (AvgIpc) is 3.33. The number of para-hydroxylation sites is 1. The Balaban J connectivity index is 1.02. The van der Waals surface area contributed by atoms with Gasteiger partial charge in [0.1, 0.15) is 0 Å². The maximum absolute atomic E-state index is 2.38. The highest BCUT2D eigenvalue weighted by atomic mass is 15.1. The molecule has 59 heavy (non-hydrogen) atoms. The van der Waals surface area contributed by atoms with Gasteiger partial charge in [-0.05, 0) is 108 Å². The Kier molecular flexibility index (Phi) is 9.68. The second kappa shape index (κ2) is 16.0. The van der Waals surface area contributed by atoms with Crippen LogP contribution >= 0.6 is 0 Å². The zero-order chi connectivity index (χ0) is 39.4. The summed E-state index contributed by atoms with van der Waals surface area (Å²) in [6, 6.07) is 89.7. The van der Waals surface area contributed by atoms with Gasteiger partial charge < -0.3 is 4.90 Å². The van der Waals surface area contributed by atoms with Crippen LogP contribution < -0.4 is 4.90 Å². The van der Waals surface area contributed by atoms with Gasteiger partial charge in [-0.15, -0.1) is 0 Å². The van der Waals surface area contributed by atoms with Gasteiger partial charge in [-0.25, -0.2) is 0 Å². The van der Waals surface area contributed by atoms with E-state index in [9.17, 15) is 0 Å². The fourth-order valence-corrected chi connectivity index (χ4v) is 8.33. The highest BCUT2D eigenvalue weighted by molar-refractivity contribution is 5.97. The molecule has 0 saturated carbocycles. The number of benzene rings is 10. The predicted molar refractivity (Wildman–Crippen MR) is 251 cm³/mol. The third-order valence-corrected chi connectivity index (χ3v) is 11.3. The van der Waals surface area contributed by atoms with Crippen LogP contribution in [0, 0.1) is 0 Å². The second-order valence-electron chi connectivity index (χ2n) is 14.9. The third-order valence-electron chi connectivity index (χ3n) is 11.3. The predicted octanol–water partition coefficient (Wildman–Crippen LogP) is 16.3. The molecule has 10 aromatic carbocycles. The van der Waals surface area contributed by atoms with E-state index >= 15 is 0 Å². The van der Waals surface area contributed by atoms with Crippen molar-refractivity contribution in [1.82, 2.24) is 0 Å². The van der Waals surface area contributed by atoms with Gasteiger partial charge >= 0.3 is 0 Å². The summed E-state index contributed by atoms with van der Waals surface area (Å²) >= 11 is 0. The molecule has 1 nitrogen and oxygen atoms in total. The number of rotatable bonds is 9. The van der Waals surface area contributed by atoms with Crippen LogP contribution in [-0.2, 0) is 0 Å². The molecular weight excluding hydrogens is 711 g/mol. The Morgan fingerprint density at radius 1 is 0.220 bits per heavy atom. The van der Waals surface area contributed by atoms with Crippen molar-refractivity contribution in [3.8, 4) is 66.8 Å². The van der Waals surface area contributed by atoms with E-state index in [0.29, 0.717) is 0 Å². The van der Waals surface area contributed by atoms with Crippen LogP contribution in [0.3, 0.4) is 0 Å². The van der Waals surface area contributed by atoms with Crippen LogP contribution in [0.2, 0.25) is 0 Å². The van der Waals surface area contributed by atoms with E-state index in [-0.39, 0.29) is 0 Å². The number of hydrogen-bond donors (Lipinski definition) is 0. The van der Waals surface area contributed by atoms with E-state index in [2.05, 4.69) is 254 Å². The smallest absolute Gasteiger partial charge is 0.0540 e. The third kappa shape index (κ3) is 7.23. The van der Waals surface area contributed by atoms with Crippen molar-refractivity contribution in [2.24, 2.45) is 0 Å². The molecule has 0 bridgehead atoms. The molecule has 10 rings (SSSR count). The monoisotopic (exact) mass is 751 g/mol. The van der Waals surface area contributed by atoms with Gasteiger partial charge in [-0.1, -0.05) is 212 Å². The van der Waals surface area contributed by atoms with Crippen LogP contribution in [-0.4, -0.2) is 0 Å². The molecule has 0 spiro atoms. The summed E-state index contributed by atoms with van der Waals surface area (Å²) in [5.41, 5.74) is 17.7. The fraction of sp³-hybridized carbons (Fsp3) is 0. The van der Waals surface area contributed by atoms with Crippen LogP contribution in [0.4, 0.5) is 17.1 Å². The first-order chi connectivity index (χ1) is 29.3. The molecule has 0 amide bonds. The Labute approximate surface area is 346 Å². The zero-order valence-corrected chi connectivity index (χ0v) is 32.6. The summed E-state index contributed by atoms with van der Waals surface area (Å²) < 4.78 is 0. The Morgan fingerprint density at radius 3 is 1.25 bits per heavy atom. The van der Waals surface area contributed by atoms with Gasteiger partial charge in [0.25, 0.3) is 0 Å². The van der Waals surface area contributed by atoms with E-state index in [4.69, 9.17) is 0 Å². The zero-order valence-electron chi connectivity index (χ0n) is 32.6. The number of hydrogen-bond acceptors (Lipinski definition) is 1. The highest BCUT2D eigenvalue weighted by Gasteiger charge is 2.18. The lowest BCUT2D eigenvalue weighted by molar-refractivity contribution is 1.28. The Morgan fingerprint density at radius 2 is 0.627 bits per heavy atom. The standard InChI is InChI=1S/C58H41N/c1-4-15-45(16-5-1)55-40-35-50(41-57(55)48-19-8-3-9-20-48)44-33-38-52(39-34-44)59(58-26-13-12-24-56(58)47-17-6-2-7-18-47)51-36-31-43(32-37-51)42-27-29-49(30-28-42)54-25-14-22-46-21-10-11-23-53(46)54/h1-41H. The molecule has 0 aliphatic heterocycles. The molecule has 0 aromatic heterocycles. The average molecular weight is 752 g/mol. The minimum absolute atomic E-state index is 1.09. The fourth-order valence-electron chi connectivity index (χ4n) is 8.33. The van der Waals surface area contributed by atoms with Crippen LogP contribution in [0.5, 0.6) is 0 Å². The van der Waals surface area contributed by atoms with Crippen LogP contribution in [0.25, 0.3) is 77.5 Å². The van der Waals surface area contributed by atoms with E-state index in [1.54, 1.807) is 0 Å². The van der Waals surface area contributed by atoms with Gasteiger partial charge in [0.15, 0.2) is 0 Å². The van der Waals surface area contributed by atoms with Gasteiger partial charge in [0.2, 0.25) is 0 Å². The summed E-state index contributed by atoms with van der Waals surface area (Å²) in [5, 5.41) is 2.53. The van der Waals surface area contributed by atoms with Crippen molar-refractivity contribution in [2.75, 3.05) is 4.90 Å². The maximum Gasteiger partial charge on any atom is 0.0540 e. The molecule has 0 heterocycles. The molecule has 0 radical (unpaired) electrons. The largest absolute Gasteiger partial charge is 0.310 e. The van der Waals surface area contributed by atoms with E-state index in [1.807, 2.05) is 0 Å². The van der Waals surface area contributed by atoms with E-state index < -0.39 is 0 Å². The summed E-state index contributed by atoms with van der Waals surface area (Å²) in [6.07, 6.45) is 0. The molecule has 0 fully saturated rings. The lowest BCUT2D eigenvalue weighted by Gasteiger charge is -2.28. The Bertz CT molecular complexity index is 2980. The van der Waals surface area contributed by atoms with Crippen molar-refractivity contribution < 1.29 is 0 Å². The van der Waals surface area contributed by atoms with Crippen molar-refractivity contribution in [1.29, 1.82) is 0 Å². The highest BCUT2D eigenvalue weighted by Crippen LogP contribution is 2.43. The number of fused-ring (bicyclic) bond motifs is 1. The summed E-state index contributed by atoms with van der Waals surface area (Å²) in [6.45, 7) is 0. The van der Waals surface area contributed by atoms with E-state index in [0.717, 1.165) is 17.1 Å². The number of anilines is 3. The van der Waals surface area contributed by atoms with Crippen molar-refractivity contribution in [3.63, 3.8) is 0 Å². The van der Waals surface area contributed by atoms with Crippen LogP contribution in [0.1, 0.15) is 0 Å². The topological polar surface area (TPSA) is 3.24 Å². The molecule has 0 N–H and O–H groups in total. The molecule has 0 aliphatic rings. The van der Waals surface area contributed by atoms with Crippen LogP contribution in [0.15, 0.2) is 249 Å². The normalized spacial score (nSPS) is 11.1. The van der Waals surface area contributed by atoms with Crippen molar-refractivity contribution in [3.05, 3.63) is 249 Å². The molecule has 10 aromatic rings. The first-order valence-corrected chi connectivity index (χ1v) is 20.3. The molecule has 0 saturated heterocycles. The van der Waals surface area contributed by atoms with Crippen molar-refractivity contribution >= 4 is 27.8 Å². The van der Waals surface area contributed by atoms with Crippen molar-refractivity contribution in [2.45, 2.75) is 0 Å². The summed E-state index contributed by atoms with van der Waals surface area (Å²) in [5.74, 6) is 0. The minimum Gasteiger partial charge on any atom is -0.310 e. The summed E-state index contributed by atoms with van der Waals surface area (Å²) in [7, 11) is 0. The Hall–Kier alpha value is -7.74. The lowest BCUT2D eigenvalue weighted by Crippen LogP contribution is -2.11. The first kappa shape index (κ1) is 35.7. The molecule has 0 unspecified atom stereocenters. The molecular formula is C58H41N. The molecule has 1 heteroatoms. The molecule has 0 atom stereocenters. The maximum atomic E-state index is 2.38. The van der Waals surface area contributed by atoms with E-state index in [1.165, 1.54) is 77.5 Å². The lowest BCUT2D eigenvalue weighted by atomic mass is 9.91. The second-order valence-corrected chi connectivity index (χ2v) is 14.9. The quantitative estimate of drug-likeness (QED) is 0.142. The molecule has 0 aliphatic carbocycles.